The number of carbonyl (C=O) groups is 3. The monoisotopic (exact) mass is 416 g/mol. The van der Waals surface area contributed by atoms with Gasteiger partial charge >= 0.3 is 12.0 Å². The van der Waals surface area contributed by atoms with Crippen molar-refractivity contribution in [1.29, 1.82) is 0 Å². The van der Waals surface area contributed by atoms with E-state index in [0.717, 1.165) is 32.1 Å². The first-order valence-electron chi connectivity index (χ1n) is 8.74. The Balaban J connectivity index is 1.72. The van der Waals surface area contributed by atoms with Gasteiger partial charge in [-0.05, 0) is 38.0 Å². The number of esters is 1. The average molecular weight is 417 g/mol. The molecule has 2 N–H and O–H groups in total. The van der Waals surface area contributed by atoms with Crippen LogP contribution in [0.5, 0.6) is 5.75 Å². The van der Waals surface area contributed by atoms with E-state index < -0.39 is 30.6 Å². The molecular formula is C18H22Cl2N2O5. The summed E-state index contributed by atoms with van der Waals surface area (Å²) < 4.78 is 10.2. The number of halogens is 2. The van der Waals surface area contributed by atoms with Crippen molar-refractivity contribution in [2.45, 2.75) is 51.2 Å². The summed E-state index contributed by atoms with van der Waals surface area (Å²) in [5, 5.41) is 5.62. The molecule has 2 rings (SSSR count). The van der Waals surface area contributed by atoms with Crippen LogP contribution in [-0.4, -0.2) is 36.7 Å². The SMILES string of the molecule is C[C@@H](OC(=O)COc1ccc(Cl)cc1Cl)C(=O)NC(=O)NC1CCCCC1. The molecule has 1 aromatic rings. The van der Waals surface area contributed by atoms with Crippen LogP contribution in [0.1, 0.15) is 39.0 Å². The molecule has 9 heteroatoms. The van der Waals surface area contributed by atoms with Crippen molar-refractivity contribution >= 4 is 41.1 Å². The molecule has 3 amide bonds. The van der Waals surface area contributed by atoms with E-state index in [4.69, 9.17) is 32.7 Å². The Hall–Kier alpha value is -1.99. The first-order chi connectivity index (χ1) is 12.8. The second-order valence-electron chi connectivity index (χ2n) is 6.29. The largest absolute Gasteiger partial charge is 0.480 e. The quantitative estimate of drug-likeness (QED) is 0.692. The summed E-state index contributed by atoms with van der Waals surface area (Å²) in [5.74, 6) is -1.21. The van der Waals surface area contributed by atoms with Gasteiger partial charge in [0.25, 0.3) is 5.91 Å². The number of ether oxygens (including phenoxy) is 2. The molecule has 1 aliphatic rings. The van der Waals surface area contributed by atoms with Gasteiger partial charge in [-0.3, -0.25) is 10.1 Å². The van der Waals surface area contributed by atoms with E-state index >= 15 is 0 Å². The highest BCUT2D eigenvalue weighted by Crippen LogP contribution is 2.27. The lowest BCUT2D eigenvalue weighted by molar-refractivity contribution is -0.156. The number of hydrogen-bond acceptors (Lipinski definition) is 5. The van der Waals surface area contributed by atoms with Crippen LogP contribution >= 0.6 is 23.2 Å². The standard InChI is InChI=1S/C18H22Cl2N2O5/c1-11(17(24)22-18(25)21-13-5-3-2-4-6-13)27-16(23)10-26-15-8-7-12(19)9-14(15)20/h7-9,11,13H,2-6,10H2,1H3,(H2,21,22,24,25)/t11-/m1/s1. The summed E-state index contributed by atoms with van der Waals surface area (Å²) in [6, 6.07) is 4.05. The van der Waals surface area contributed by atoms with Crippen molar-refractivity contribution in [2.24, 2.45) is 0 Å². The number of rotatable bonds is 6. The van der Waals surface area contributed by atoms with Crippen molar-refractivity contribution in [3.8, 4) is 5.75 Å². The fraction of sp³-hybridized carbons (Fsp3) is 0.500. The Morgan fingerprint density at radius 3 is 2.56 bits per heavy atom. The minimum Gasteiger partial charge on any atom is -0.480 e. The van der Waals surface area contributed by atoms with Gasteiger partial charge in [0.2, 0.25) is 0 Å². The van der Waals surface area contributed by atoms with Crippen molar-refractivity contribution in [2.75, 3.05) is 6.61 Å². The normalized spacial score (nSPS) is 15.5. The van der Waals surface area contributed by atoms with Gasteiger partial charge in [-0.25, -0.2) is 9.59 Å². The Labute approximate surface area is 167 Å². The lowest BCUT2D eigenvalue weighted by Gasteiger charge is -2.23. The number of imide groups is 1. The van der Waals surface area contributed by atoms with Crippen molar-refractivity contribution in [1.82, 2.24) is 10.6 Å². The number of nitrogens with one attached hydrogen (secondary N) is 2. The van der Waals surface area contributed by atoms with Gasteiger partial charge in [0, 0.05) is 11.1 Å². The highest BCUT2D eigenvalue weighted by Gasteiger charge is 2.22. The first kappa shape index (κ1) is 21.3. The number of benzene rings is 1. The lowest BCUT2D eigenvalue weighted by atomic mass is 9.96. The summed E-state index contributed by atoms with van der Waals surface area (Å²) >= 11 is 11.7. The Morgan fingerprint density at radius 1 is 1.19 bits per heavy atom. The van der Waals surface area contributed by atoms with Gasteiger partial charge in [0.1, 0.15) is 5.75 Å². The Bertz CT molecular complexity index is 692. The molecule has 0 heterocycles. The molecule has 0 aliphatic heterocycles. The molecule has 0 unspecified atom stereocenters. The minimum atomic E-state index is -1.14. The molecule has 1 saturated carbocycles. The molecule has 0 spiro atoms. The summed E-state index contributed by atoms with van der Waals surface area (Å²) in [6.45, 7) is 0.934. The fourth-order valence-corrected chi connectivity index (χ4v) is 3.16. The topological polar surface area (TPSA) is 93.7 Å². The van der Waals surface area contributed by atoms with Crippen LogP contribution in [0.15, 0.2) is 18.2 Å². The number of carbonyl (C=O) groups excluding carboxylic acids is 3. The number of amides is 3. The molecule has 1 fully saturated rings. The molecule has 1 aliphatic carbocycles. The summed E-state index contributed by atoms with van der Waals surface area (Å²) in [6.07, 6.45) is 3.94. The van der Waals surface area contributed by atoms with Crippen LogP contribution in [0.4, 0.5) is 4.79 Å². The van der Waals surface area contributed by atoms with Crippen LogP contribution in [-0.2, 0) is 14.3 Å². The van der Waals surface area contributed by atoms with E-state index in [0.29, 0.717) is 5.02 Å². The van der Waals surface area contributed by atoms with E-state index in [1.165, 1.54) is 19.1 Å². The van der Waals surface area contributed by atoms with E-state index in [-0.39, 0.29) is 16.8 Å². The maximum absolute atomic E-state index is 12.0. The number of urea groups is 1. The summed E-state index contributed by atoms with van der Waals surface area (Å²) in [7, 11) is 0. The van der Waals surface area contributed by atoms with Gasteiger partial charge < -0.3 is 14.8 Å². The van der Waals surface area contributed by atoms with Crippen molar-refractivity contribution < 1.29 is 23.9 Å². The summed E-state index contributed by atoms with van der Waals surface area (Å²) in [4.78, 5) is 35.6. The zero-order valence-corrected chi connectivity index (χ0v) is 16.4. The van der Waals surface area contributed by atoms with E-state index in [9.17, 15) is 14.4 Å². The third-order valence-electron chi connectivity index (χ3n) is 4.09. The molecule has 1 atom stereocenters. The van der Waals surface area contributed by atoms with E-state index in [1.807, 2.05) is 0 Å². The smallest absolute Gasteiger partial charge is 0.344 e. The third kappa shape index (κ3) is 7.27. The maximum Gasteiger partial charge on any atom is 0.344 e. The highest BCUT2D eigenvalue weighted by atomic mass is 35.5. The van der Waals surface area contributed by atoms with Crippen LogP contribution in [0.3, 0.4) is 0 Å². The van der Waals surface area contributed by atoms with E-state index in [2.05, 4.69) is 10.6 Å². The second kappa shape index (κ2) is 10.4. The zero-order valence-electron chi connectivity index (χ0n) is 14.9. The zero-order chi connectivity index (χ0) is 19.8. The average Bonchev–Trinajstić information content (AvgIpc) is 2.61. The van der Waals surface area contributed by atoms with Crippen LogP contribution in [0.2, 0.25) is 10.0 Å². The minimum absolute atomic E-state index is 0.0712. The van der Waals surface area contributed by atoms with Crippen molar-refractivity contribution in [3.05, 3.63) is 28.2 Å². The van der Waals surface area contributed by atoms with Gasteiger partial charge in [-0.15, -0.1) is 0 Å². The highest BCUT2D eigenvalue weighted by molar-refractivity contribution is 6.35. The molecule has 0 bridgehead atoms. The van der Waals surface area contributed by atoms with Crippen LogP contribution in [0, 0.1) is 0 Å². The number of hydrogen-bond donors (Lipinski definition) is 2. The molecular weight excluding hydrogens is 395 g/mol. The van der Waals surface area contributed by atoms with Crippen LogP contribution < -0.4 is 15.4 Å². The fourth-order valence-electron chi connectivity index (χ4n) is 2.70. The Morgan fingerprint density at radius 2 is 1.89 bits per heavy atom. The molecule has 27 heavy (non-hydrogen) atoms. The molecule has 0 radical (unpaired) electrons. The van der Waals surface area contributed by atoms with Gasteiger partial charge in [0.15, 0.2) is 12.7 Å². The lowest BCUT2D eigenvalue weighted by Crippen LogP contribution is -2.48. The molecule has 0 aromatic heterocycles. The van der Waals surface area contributed by atoms with Gasteiger partial charge in [-0.2, -0.15) is 0 Å². The van der Waals surface area contributed by atoms with Crippen LogP contribution in [0.25, 0.3) is 0 Å². The van der Waals surface area contributed by atoms with Gasteiger partial charge in [0.05, 0.1) is 5.02 Å². The third-order valence-corrected chi connectivity index (χ3v) is 4.62. The second-order valence-corrected chi connectivity index (χ2v) is 7.14. The molecule has 7 nitrogen and oxygen atoms in total. The predicted molar refractivity (Wildman–Crippen MR) is 101 cm³/mol. The predicted octanol–water partition coefficient (Wildman–Crippen LogP) is 3.46. The molecule has 148 valence electrons. The molecule has 1 aromatic carbocycles. The molecule has 0 saturated heterocycles. The Kier molecular flexibility index (Phi) is 8.19. The van der Waals surface area contributed by atoms with Crippen molar-refractivity contribution in [3.63, 3.8) is 0 Å². The van der Waals surface area contributed by atoms with E-state index in [1.54, 1.807) is 6.07 Å². The maximum atomic E-state index is 12.0. The first-order valence-corrected chi connectivity index (χ1v) is 9.49. The summed E-state index contributed by atoms with van der Waals surface area (Å²) in [5.41, 5.74) is 0. The van der Waals surface area contributed by atoms with Gasteiger partial charge in [-0.1, -0.05) is 42.5 Å².